The summed E-state index contributed by atoms with van der Waals surface area (Å²) >= 11 is 0. The van der Waals surface area contributed by atoms with Crippen LogP contribution in [0.5, 0.6) is 0 Å². The number of ether oxygens (including phenoxy) is 1. The number of aliphatic hydroxyl groups is 1. The highest BCUT2D eigenvalue weighted by Crippen LogP contribution is 2.38. The first-order chi connectivity index (χ1) is 13.7. The van der Waals surface area contributed by atoms with Gasteiger partial charge in [0.1, 0.15) is 0 Å². The summed E-state index contributed by atoms with van der Waals surface area (Å²) in [4.78, 5) is 19.5. The van der Waals surface area contributed by atoms with Gasteiger partial charge in [0.15, 0.2) is 0 Å². The Balaban J connectivity index is 1.59. The molecule has 2 aromatic rings. The molecule has 0 bridgehead atoms. The van der Waals surface area contributed by atoms with Crippen molar-refractivity contribution in [3.8, 4) is 11.1 Å². The van der Waals surface area contributed by atoms with Gasteiger partial charge in [0.2, 0.25) is 5.91 Å². The molecule has 2 saturated heterocycles. The van der Waals surface area contributed by atoms with Gasteiger partial charge < -0.3 is 14.7 Å². The smallest absolute Gasteiger partial charge is 0.229 e. The van der Waals surface area contributed by atoms with Crippen LogP contribution in [-0.4, -0.2) is 53.3 Å². The molecule has 3 heterocycles. The monoisotopic (exact) mass is 380 g/mol. The number of hydrogen-bond acceptors (Lipinski definition) is 4. The summed E-state index contributed by atoms with van der Waals surface area (Å²) in [5.74, 6) is 0.184. The molecule has 148 valence electrons. The topological polar surface area (TPSA) is 62.7 Å². The lowest BCUT2D eigenvalue weighted by Gasteiger charge is -2.42. The largest absolute Gasteiger partial charge is 0.391 e. The highest BCUT2D eigenvalue weighted by atomic mass is 16.5. The molecular formula is C23H28N2O3. The first kappa shape index (κ1) is 19.1. The summed E-state index contributed by atoms with van der Waals surface area (Å²) in [6.07, 6.45) is 7.03. The number of piperidine rings is 1. The molecule has 0 radical (unpaired) electrons. The van der Waals surface area contributed by atoms with E-state index in [9.17, 15) is 9.90 Å². The van der Waals surface area contributed by atoms with Crippen LogP contribution in [0.25, 0.3) is 11.1 Å². The van der Waals surface area contributed by atoms with Crippen LogP contribution < -0.4 is 0 Å². The van der Waals surface area contributed by atoms with Crippen LogP contribution in [0, 0.1) is 5.41 Å². The van der Waals surface area contributed by atoms with Gasteiger partial charge in [0.25, 0.3) is 0 Å². The van der Waals surface area contributed by atoms with Crippen molar-refractivity contribution < 1.29 is 14.6 Å². The van der Waals surface area contributed by atoms with E-state index >= 15 is 0 Å². The zero-order chi connectivity index (χ0) is 19.4. The molecule has 2 fully saturated rings. The molecule has 1 atom stereocenters. The number of likely N-dealkylation sites (tertiary alicyclic amines) is 1. The van der Waals surface area contributed by atoms with Gasteiger partial charge in [0, 0.05) is 38.7 Å². The zero-order valence-electron chi connectivity index (χ0n) is 16.2. The number of nitrogens with zero attached hydrogens (tertiary/aromatic N) is 2. The van der Waals surface area contributed by atoms with E-state index in [1.807, 2.05) is 17.0 Å². The standard InChI is InChI=1S/C23H28N2O3/c26-21-5-2-12-25(17-21)22(27)23(8-13-28-14-9-23)16-18-3-1-4-20(15-18)19-6-10-24-11-7-19/h1,3-4,6-7,10-11,15,21,26H,2,5,8-9,12-14,16-17H2/t21-/m0/s1. The maximum absolute atomic E-state index is 13.5. The van der Waals surface area contributed by atoms with Gasteiger partial charge in [-0.3, -0.25) is 9.78 Å². The third kappa shape index (κ3) is 4.10. The van der Waals surface area contributed by atoms with Crippen LogP contribution in [0.2, 0.25) is 0 Å². The maximum Gasteiger partial charge on any atom is 0.229 e. The van der Waals surface area contributed by atoms with Crippen molar-refractivity contribution >= 4 is 5.91 Å². The number of amides is 1. The number of aliphatic hydroxyl groups excluding tert-OH is 1. The Hall–Kier alpha value is -2.24. The Morgan fingerprint density at radius 1 is 1.18 bits per heavy atom. The van der Waals surface area contributed by atoms with E-state index < -0.39 is 11.5 Å². The molecular weight excluding hydrogens is 352 g/mol. The fraction of sp³-hybridized carbons (Fsp3) is 0.478. The molecule has 1 aromatic carbocycles. The Morgan fingerprint density at radius 2 is 1.96 bits per heavy atom. The second-order valence-corrected chi connectivity index (χ2v) is 8.05. The van der Waals surface area contributed by atoms with Crippen LogP contribution in [0.1, 0.15) is 31.2 Å². The first-order valence-corrected chi connectivity index (χ1v) is 10.2. The van der Waals surface area contributed by atoms with Crippen molar-refractivity contribution in [3.05, 3.63) is 54.4 Å². The molecule has 1 amide bonds. The minimum absolute atomic E-state index is 0.184. The third-order valence-electron chi connectivity index (χ3n) is 6.07. The van der Waals surface area contributed by atoms with E-state index in [1.54, 1.807) is 12.4 Å². The van der Waals surface area contributed by atoms with Crippen LogP contribution >= 0.6 is 0 Å². The number of aromatic nitrogens is 1. The number of hydrogen-bond donors (Lipinski definition) is 1. The maximum atomic E-state index is 13.5. The van der Waals surface area contributed by atoms with Crippen LogP contribution in [0.15, 0.2) is 48.8 Å². The van der Waals surface area contributed by atoms with Gasteiger partial charge >= 0.3 is 0 Å². The van der Waals surface area contributed by atoms with Crippen molar-refractivity contribution in [1.29, 1.82) is 0 Å². The predicted molar refractivity (Wildman–Crippen MR) is 108 cm³/mol. The molecule has 1 aromatic heterocycles. The van der Waals surface area contributed by atoms with Gasteiger partial charge in [-0.05, 0) is 60.9 Å². The number of carbonyl (C=O) groups excluding carboxylic acids is 1. The van der Waals surface area contributed by atoms with E-state index in [2.05, 4.69) is 29.2 Å². The molecule has 5 nitrogen and oxygen atoms in total. The van der Waals surface area contributed by atoms with Crippen molar-refractivity contribution in [2.75, 3.05) is 26.3 Å². The Morgan fingerprint density at radius 3 is 2.71 bits per heavy atom. The highest BCUT2D eigenvalue weighted by molar-refractivity contribution is 5.83. The summed E-state index contributed by atoms with van der Waals surface area (Å²) in [5.41, 5.74) is 3.00. The minimum Gasteiger partial charge on any atom is -0.391 e. The Kier molecular flexibility index (Phi) is 5.74. The number of benzene rings is 1. The van der Waals surface area contributed by atoms with Crippen LogP contribution in [0.4, 0.5) is 0 Å². The molecule has 2 aliphatic heterocycles. The van der Waals surface area contributed by atoms with E-state index in [-0.39, 0.29) is 5.91 Å². The summed E-state index contributed by atoms with van der Waals surface area (Å²) < 4.78 is 5.59. The lowest BCUT2D eigenvalue weighted by atomic mass is 9.73. The summed E-state index contributed by atoms with van der Waals surface area (Å²) in [5, 5.41) is 10.0. The van der Waals surface area contributed by atoms with Crippen molar-refractivity contribution in [2.24, 2.45) is 5.41 Å². The second kappa shape index (κ2) is 8.41. The SMILES string of the molecule is O=C(N1CCC[C@H](O)C1)C1(Cc2cccc(-c3ccncc3)c2)CCOCC1. The van der Waals surface area contributed by atoms with Gasteiger partial charge in [0.05, 0.1) is 11.5 Å². The van der Waals surface area contributed by atoms with Gasteiger partial charge in [-0.25, -0.2) is 0 Å². The fourth-order valence-electron chi connectivity index (χ4n) is 4.50. The normalized spacial score (nSPS) is 22.0. The molecule has 0 aliphatic carbocycles. The summed E-state index contributed by atoms with van der Waals surface area (Å²) in [7, 11) is 0. The number of pyridine rings is 1. The Bertz CT molecular complexity index is 803. The Labute approximate surface area is 166 Å². The van der Waals surface area contributed by atoms with Crippen molar-refractivity contribution in [2.45, 2.75) is 38.2 Å². The average molecular weight is 380 g/mol. The van der Waals surface area contributed by atoms with Crippen molar-refractivity contribution in [1.82, 2.24) is 9.88 Å². The average Bonchev–Trinajstić information content (AvgIpc) is 2.75. The fourth-order valence-corrected chi connectivity index (χ4v) is 4.50. The molecule has 0 spiro atoms. The molecule has 1 N–H and O–H groups in total. The number of rotatable bonds is 4. The van der Waals surface area contributed by atoms with E-state index in [0.717, 1.165) is 43.4 Å². The van der Waals surface area contributed by atoms with Gasteiger partial charge in [-0.2, -0.15) is 0 Å². The molecule has 2 aliphatic rings. The second-order valence-electron chi connectivity index (χ2n) is 8.05. The molecule has 5 heteroatoms. The third-order valence-corrected chi connectivity index (χ3v) is 6.07. The van der Waals surface area contributed by atoms with E-state index in [1.165, 1.54) is 5.56 Å². The van der Waals surface area contributed by atoms with Gasteiger partial charge in [-0.15, -0.1) is 0 Å². The number of β-amino-alcohol motifs (C(OH)–C–C–N with tert-alkyl or cyclic N) is 1. The van der Waals surface area contributed by atoms with E-state index in [0.29, 0.717) is 26.2 Å². The molecule has 0 saturated carbocycles. The number of carbonyl (C=O) groups is 1. The summed E-state index contributed by atoms with van der Waals surface area (Å²) in [6, 6.07) is 12.5. The highest BCUT2D eigenvalue weighted by Gasteiger charge is 2.43. The molecule has 4 rings (SSSR count). The molecule has 0 unspecified atom stereocenters. The lowest BCUT2D eigenvalue weighted by molar-refractivity contribution is -0.151. The van der Waals surface area contributed by atoms with Crippen LogP contribution in [0.3, 0.4) is 0 Å². The minimum atomic E-state index is -0.438. The lowest BCUT2D eigenvalue weighted by Crippen LogP contribution is -2.52. The molecule has 28 heavy (non-hydrogen) atoms. The quantitative estimate of drug-likeness (QED) is 0.885. The van der Waals surface area contributed by atoms with Crippen LogP contribution in [-0.2, 0) is 16.0 Å². The first-order valence-electron chi connectivity index (χ1n) is 10.2. The van der Waals surface area contributed by atoms with E-state index in [4.69, 9.17) is 4.74 Å². The zero-order valence-corrected chi connectivity index (χ0v) is 16.2. The van der Waals surface area contributed by atoms with Gasteiger partial charge in [-0.1, -0.05) is 24.3 Å². The predicted octanol–water partition coefficient (Wildman–Crippen LogP) is 3.07. The van der Waals surface area contributed by atoms with Crippen molar-refractivity contribution in [3.63, 3.8) is 0 Å². The summed E-state index contributed by atoms with van der Waals surface area (Å²) in [6.45, 7) is 2.44.